The van der Waals surface area contributed by atoms with E-state index in [1.54, 1.807) is 24.5 Å². The minimum Gasteiger partial charge on any atom is -0.478 e. The van der Waals surface area contributed by atoms with Crippen LogP contribution in [0.15, 0.2) is 67.0 Å². The Morgan fingerprint density at radius 3 is 2.36 bits per heavy atom. The lowest BCUT2D eigenvalue weighted by atomic mass is 10.0. The van der Waals surface area contributed by atoms with Crippen molar-refractivity contribution in [1.82, 2.24) is 14.9 Å². The summed E-state index contributed by atoms with van der Waals surface area (Å²) in [5.74, 6) is -1.45. The van der Waals surface area contributed by atoms with Gasteiger partial charge < -0.3 is 24.8 Å². The third-order valence-corrected chi connectivity index (χ3v) is 7.67. The van der Waals surface area contributed by atoms with Crippen LogP contribution in [0.2, 0.25) is 0 Å². The quantitative estimate of drug-likeness (QED) is 0.179. The summed E-state index contributed by atoms with van der Waals surface area (Å²) >= 11 is 0. The minimum atomic E-state index is -1.27. The molecule has 2 aromatic carbocycles. The van der Waals surface area contributed by atoms with Gasteiger partial charge in [-0.2, -0.15) is 0 Å². The summed E-state index contributed by atoms with van der Waals surface area (Å²) in [6, 6.07) is 12.6. The number of carbonyl (C=O) groups excluding carboxylic acids is 2. The second kappa shape index (κ2) is 12.9. The number of benzene rings is 2. The smallest absolute Gasteiger partial charge is 0.240 e. The average Bonchev–Trinajstić information content (AvgIpc) is 3.85. The number of halogens is 2. The highest BCUT2D eigenvalue weighted by Crippen LogP contribution is 2.47. The van der Waals surface area contributed by atoms with E-state index in [-0.39, 0.29) is 11.4 Å². The molecule has 0 bridgehead atoms. The number of fused-ring (bicyclic) bond motifs is 1. The average molecular weight is 604 g/mol. The molecule has 2 aromatic heterocycles. The number of morpholine rings is 1. The van der Waals surface area contributed by atoms with Crippen LogP contribution in [0.25, 0.3) is 10.9 Å². The van der Waals surface area contributed by atoms with Gasteiger partial charge in [-0.3, -0.25) is 19.5 Å². The predicted octanol–water partition coefficient (Wildman–Crippen LogP) is 5.16. The Kier molecular flexibility index (Phi) is 8.62. The molecule has 1 aliphatic carbocycles. The van der Waals surface area contributed by atoms with Crippen molar-refractivity contribution in [3.05, 3.63) is 78.6 Å². The van der Waals surface area contributed by atoms with Crippen LogP contribution in [0.1, 0.15) is 19.3 Å². The third-order valence-electron chi connectivity index (χ3n) is 7.67. The van der Waals surface area contributed by atoms with Gasteiger partial charge in [0, 0.05) is 55.5 Å². The number of aromatic nitrogens is 2. The van der Waals surface area contributed by atoms with Crippen LogP contribution in [-0.2, 0) is 14.3 Å². The fourth-order valence-electron chi connectivity index (χ4n) is 4.95. The van der Waals surface area contributed by atoms with E-state index in [1.807, 2.05) is 0 Å². The summed E-state index contributed by atoms with van der Waals surface area (Å²) in [7, 11) is 0. The highest BCUT2D eigenvalue weighted by Gasteiger charge is 2.56. The lowest BCUT2D eigenvalue weighted by Crippen LogP contribution is -2.37. The zero-order chi connectivity index (χ0) is 30.5. The summed E-state index contributed by atoms with van der Waals surface area (Å²) in [5.41, 5.74) is -0.130. The molecular weight excluding hydrogens is 572 g/mol. The minimum absolute atomic E-state index is 0.0610. The molecule has 0 unspecified atom stereocenters. The molecule has 228 valence electrons. The Balaban J connectivity index is 1.06. The van der Waals surface area contributed by atoms with E-state index in [0.29, 0.717) is 47.7 Å². The van der Waals surface area contributed by atoms with Gasteiger partial charge in [0.05, 0.1) is 30.7 Å². The molecule has 4 aromatic rings. The number of rotatable bonds is 11. The van der Waals surface area contributed by atoms with Crippen LogP contribution >= 0.6 is 0 Å². The number of anilines is 2. The molecule has 2 amide bonds. The zero-order valence-electron chi connectivity index (χ0n) is 23.9. The van der Waals surface area contributed by atoms with E-state index in [4.69, 9.17) is 14.2 Å². The van der Waals surface area contributed by atoms with Crippen molar-refractivity contribution in [2.45, 2.75) is 19.3 Å². The molecule has 2 N–H and O–H groups in total. The number of carbonyl (C=O) groups is 2. The molecule has 2 fully saturated rings. The SMILES string of the molecule is O=C(Nc1ccc(F)cc1)C1(C(=O)Nc2ccc(Oc3ccnc4cc(OCCCN5CCOCC5)ncc34)c(F)c2)CC1. The number of amides is 2. The molecule has 0 atom stereocenters. The second-order valence-corrected chi connectivity index (χ2v) is 10.7. The van der Waals surface area contributed by atoms with E-state index in [9.17, 15) is 14.0 Å². The van der Waals surface area contributed by atoms with Crippen molar-refractivity contribution in [2.75, 3.05) is 50.1 Å². The van der Waals surface area contributed by atoms with Gasteiger partial charge in [-0.15, -0.1) is 0 Å². The lowest BCUT2D eigenvalue weighted by Gasteiger charge is -2.26. The first-order valence-corrected chi connectivity index (χ1v) is 14.4. The maximum Gasteiger partial charge on any atom is 0.240 e. The summed E-state index contributed by atoms with van der Waals surface area (Å²) in [6.07, 6.45) is 4.68. The molecule has 0 radical (unpaired) electrons. The van der Waals surface area contributed by atoms with E-state index in [2.05, 4.69) is 25.5 Å². The number of nitrogens with zero attached hydrogens (tertiary/aromatic N) is 3. The molecule has 1 saturated carbocycles. The third kappa shape index (κ3) is 6.76. The molecule has 0 spiro atoms. The molecule has 1 saturated heterocycles. The summed E-state index contributed by atoms with van der Waals surface area (Å²) in [6.45, 7) is 4.82. The van der Waals surface area contributed by atoms with Crippen molar-refractivity contribution in [3.8, 4) is 17.4 Å². The van der Waals surface area contributed by atoms with Gasteiger partial charge in [0.2, 0.25) is 17.7 Å². The lowest BCUT2D eigenvalue weighted by molar-refractivity contribution is -0.131. The van der Waals surface area contributed by atoms with Crippen molar-refractivity contribution < 1.29 is 32.6 Å². The molecule has 44 heavy (non-hydrogen) atoms. The summed E-state index contributed by atoms with van der Waals surface area (Å²) in [5, 5.41) is 5.85. The van der Waals surface area contributed by atoms with Crippen LogP contribution in [0.5, 0.6) is 17.4 Å². The number of nitrogens with one attached hydrogen (secondary N) is 2. The van der Waals surface area contributed by atoms with Crippen LogP contribution in [0, 0.1) is 17.0 Å². The molecule has 3 heterocycles. The van der Waals surface area contributed by atoms with Gasteiger partial charge in [-0.05, 0) is 61.7 Å². The highest BCUT2D eigenvalue weighted by molar-refractivity contribution is 6.16. The van der Waals surface area contributed by atoms with Crippen molar-refractivity contribution in [3.63, 3.8) is 0 Å². The first kappa shape index (κ1) is 29.4. The van der Waals surface area contributed by atoms with Crippen molar-refractivity contribution in [1.29, 1.82) is 0 Å². The van der Waals surface area contributed by atoms with Gasteiger partial charge in [0.25, 0.3) is 0 Å². The van der Waals surface area contributed by atoms with Gasteiger partial charge in [-0.25, -0.2) is 13.8 Å². The van der Waals surface area contributed by atoms with Gasteiger partial charge >= 0.3 is 0 Å². The molecule has 6 rings (SSSR count). The van der Waals surface area contributed by atoms with Crippen molar-refractivity contribution in [2.24, 2.45) is 5.41 Å². The largest absolute Gasteiger partial charge is 0.478 e. The van der Waals surface area contributed by atoms with Crippen LogP contribution in [0.4, 0.5) is 20.2 Å². The molecule has 2 aliphatic rings. The van der Waals surface area contributed by atoms with E-state index >= 15 is 4.39 Å². The van der Waals surface area contributed by atoms with Gasteiger partial charge in [0.1, 0.15) is 17.0 Å². The van der Waals surface area contributed by atoms with Gasteiger partial charge in [-0.1, -0.05) is 0 Å². The molecular formula is C32H31F2N5O5. The molecule has 1 aliphatic heterocycles. The van der Waals surface area contributed by atoms with E-state index < -0.39 is 28.9 Å². The number of ether oxygens (including phenoxy) is 3. The van der Waals surface area contributed by atoms with Crippen LogP contribution in [0.3, 0.4) is 0 Å². The van der Waals surface area contributed by atoms with Crippen LogP contribution < -0.4 is 20.1 Å². The highest BCUT2D eigenvalue weighted by atomic mass is 19.1. The predicted molar refractivity (Wildman–Crippen MR) is 159 cm³/mol. The number of pyridine rings is 2. The van der Waals surface area contributed by atoms with E-state index in [0.717, 1.165) is 45.3 Å². The van der Waals surface area contributed by atoms with Crippen LogP contribution in [-0.4, -0.2) is 66.1 Å². The number of hydrogen-bond acceptors (Lipinski definition) is 8. The first-order valence-electron chi connectivity index (χ1n) is 14.4. The van der Waals surface area contributed by atoms with Gasteiger partial charge in [0.15, 0.2) is 11.6 Å². The second-order valence-electron chi connectivity index (χ2n) is 10.7. The standard InChI is InChI=1S/C32H31F2N5O5/c33-21-2-4-22(5-3-21)37-30(40)32(9-10-32)31(41)38-23-6-7-28(25(34)18-23)44-27-8-11-35-26-19-29(36-20-24(26)27)43-15-1-12-39-13-16-42-17-14-39/h2-8,11,18-20H,1,9-10,12-17H2,(H,37,40)(H,38,41). The fourth-order valence-corrected chi connectivity index (χ4v) is 4.95. The Morgan fingerprint density at radius 1 is 0.909 bits per heavy atom. The Labute approximate surface area is 252 Å². The number of hydrogen-bond donors (Lipinski definition) is 2. The maximum absolute atomic E-state index is 15.1. The normalized spacial score (nSPS) is 15.9. The Bertz CT molecular complexity index is 1660. The summed E-state index contributed by atoms with van der Waals surface area (Å²) in [4.78, 5) is 36.9. The summed E-state index contributed by atoms with van der Waals surface area (Å²) < 4.78 is 45.3. The van der Waals surface area contributed by atoms with Crippen molar-refractivity contribution >= 4 is 34.1 Å². The Morgan fingerprint density at radius 2 is 1.64 bits per heavy atom. The maximum atomic E-state index is 15.1. The first-order chi connectivity index (χ1) is 21.4. The van der Waals surface area contributed by atoms with E-state index in [1.165, 1.54) is 36.4 Å². The zero-order valence-corrected chi connectivity index (χ0v) is 23.9. The Hall–Kier alpha value is -4.68. The monoisotopic (exact) mass is 603 g/mol. The topological polar surface area (TPSA) is 115 Å². The fraction of sp³-hybridized carbons (Fsp3) is 0.312. The molecule has 10 nitrogen and oxygen atoms in total. The molecule has 12 heteroatoms.